The van der Waals surface area contributed by atoms with Gasteiger partial charge < -0.3 is 20.6 Å². The fourth-order valence-electron chi connectivity index (χ4n) is 2.82. The molecule has 1 fully saturated rings. The van der Waals surface area contributed by atoms with Crippen molar-refractivity contribution in [2.75, 3.05) is 6.54 Å². The molecule has 112 valence electrons. The van der Waals surface area contributed by atoms with Gasteiger partial charge in [-0.05, 0) is 56.7 Å². The van der Waals surface area contributed by atoms with E-state index in [-0.39, 0.29) is 17.5 Å². The Morgan fingerprint density at radius 3 is 2.60 bits per heavy atom. The number of rotatable bonds is 4. The van der Waals surface area contributed by atoms with Crippen molar-refractivity contribution in [3.05, 3.63) is 23.8 Å². The molecule has 0 spiro atoms. The van der Waals surface area contributed by atoms with Gasteiger partial charge in [-0.25, -0.2) is 0 Å². The molecule has 0 bridgehead atoms. The minimum Gasteiger partial charge on any atom is -0.508 e. The summed E-state index contributed by atoms with van der Waals surface area (Å²) >= 11 is 0. The van der Waals surface area contributed by atoms with Crippen LogP contribution in [-0.4, -0.2) is 27.5 Å². The number of phenolic OH excluding ortho intramolecular Hbond substituents is 2. The molecule has 2 rings (SSSR count). The molecule has 1 unspecified atom stereocenters. The van der Waals surface area contributed by atoms with E-state index >= 15 is 0 Å². The molecule has 1 saturated carbocycles. The van der Waals surface area contributed by atoms with E-state index in [0.717, 1.165) is 25.7 Å². The highest BCUT2D eigenvalue weighted by Gasteiger charge is 2.32. The highest BCUT2D eigenvalue weighted by atomic mass is 16.3. The molecular formula is C16H25NO3. The van der Waals surface area contributed by atoms with Crippen LogP contribution < -0.4 is 5.32 Å². The van der Waals surface area contributed by atoms with E-state index in [1.807, 2.05) is 6.92 Å². The Kier molecular flexibility index (Phi) is 4.55. The summed E-state index contributed by atoms with van der Waals surface area (Å²) in [7, 11) is 0. The molecule has 0 radical (unpaired) electrons. The molecule has 1 aromatic rings. The second-order valence-electron chi connectivity index (χ2n) is 6.25. The van der Waals surface area contributed by atoms with Gasteiger partial charge in [-0.2, -0.15) is 0 Å². The number of benzene rings is 1. The first-order valence-electron chi connectivity index (χ1n) is 7.37. The van der Waals surface area contributed by atoms with Crippen LogP contribution in [0.25, 0.3) is 0 Å². The zero-order valence-corrected chi connectivity index (χ0v) is 12.3. The number of aromatic hydroxyl groups is 2. The van der Waals surface area contributed by atoms with Crippen LogP contribution in [0.3, 0.4) is 0 Å². The summed E-state index contributed by atoms with van der Waals surface area (Å²) in [5, 5.41) is 33.1. The molecule has 1 atom stereocenters. The largest absolute Gasteiger partial charge is 0.508 e. The number of hydrogen-bond donors (Lipinski definition) is 4. The monoisotopic (exact) mass is 279 g/mol. The quantitative estimate of drug-likeness (QED) is 0.639. The molecule has 20 heavy (non-hydrogen) atoms. The minimum atomic E-state index is -0.646. The smallest absolute Gasteiger partial charge is 0.120 e. The van der Waals surface area contributed by atoms with Gasteiger partial charge in [0.15, 0.2) is 0 Å². The first-order chi connectivity index (χ1) is 9.39. The van der Waals surface area contributed by atoms with E-state index in [9.17, 15) is 15.3 Å². The van der Waals surface area contributed by atoms with Crippen molar-refractivity contribution in [1.82, 2.24) is 5.32 Å². The van der Waals surface area contributed by atoms with Gasteiger partial charge in [0.05, 0.1) is 5.60 Å². The molecule has 4 heteroatoms. The third-order valence-corrected chi connectivity index (χ3v) is 4.42. The minimum absolute atomic E-state index is 0.120. The lowest BCUT2D eigenvalue weighted by Crippen LogP contribution is -2.44. The SMILES string of the molecule is CC1CCC(O)(CNC(C)c2cc(O)ccc2O)CC1. The average molecular weight is 279 g/mol. The number of aliphatic hydroxyl groups is 1. The van der Waals surface area contributed by atoms with Crippen LogP contribution in [0.4, 0.5) is 0 Å². The van der Waals surface area contributed by atoms with Crippen molar-refractivity contribution in [3.8, 4) is 11.5 Å². The van der Waals surface area contributed by atoms with Crippen LogP contribution in [0.1, 0.15) is 51.1 Å². The Morgan fingerprint density at radius 1 is 1.30 bits per heavy atom. The predicted octanol–water partition coefficient (Wildman–Crippen LogP) is 2.69. The first-order valence-corrected chi connectivity index (χ1v) is 7.37. The lowest BCUT2D eigenvalue weighted by molar-refractivity contribution is -0.00788. The lowest BCUT2D eigenvalue weighted by Gasteiger charge is -2.36. The molecule has 0 heterocycles. The summed E-state index contributed by atoms with van der Waals surface area (Å²) in [6.45, 7) is 4.65. The van der Waals surface area contributed by atoms with Gasteiger partial charge in [0.2, 0.25) is 0 Å². The fourth-order valence-corrected chi connectivity index (χ4v) is 2.82. The van der Waals surface area contributed by atoms with E-state index in [4.69, 9.17) is 0 Å². The van der Waals surface area contributed by atoms with Gasteiger partial charge in [-0.1, -0.05) is 6.92 Å². The van der Waals surface area contributed by atoms with Gasteiger partial charge in [-0.15, -0.1) is 0 Å². The van der Waals surface area contributed by atoms with E-state index in [2.05, 4.69) is 12.2 Å². The molecule has 1 aliphatic rings. The van der Waals surface area contributed by atoms with Crippen LogP contribution in [0, 0.1) is 5.92 Å². The van der Waals surface area contributed by atoms with E-state index in [0.29, 0.717) is 18.0 Å². The summed E-state index contributed by atoms with van der Waals surface area (Å²) in [5.41, 5.74) is 0.00510. The van der Waals surface area contributed by atoms with Gasteiger partial charge in [0, 0.05) is 18.2 Å². The molecule has 4 N–H and O–H groups in total. The zero-order chi connectivity index (χ0) is 14.8. The summed E-state index contributed by atoms with van der Waals surface area (Å²) in [6.07, 6.45) is 3.76. The van der Waals surface area contributed by atoms with Crippen LogP contribution in [0.2, 0.25) is 0 Å². The fraction of sp³-hybridized carbons (Fsp3) is 0.625. The number of hydrogen-bond acceptors (Lipinski definition) is 4. The summed E-state index contributed by atoms with van der Waals surface area (Å²) in [5.74, 6) is 0.992. The highest BCUT2D eigenvalue weighted by Crippen LogP contribution is 2.33. The summed E-state index contributed by atoms with van der Waals surface area (Å²) in [6, 6.07) is 4.38. The van der Waals surface area contributed by atoms with Gasteiger partial charge >= 0.3 is 0 Å². The topological polar surface area (TPSA) is 72.7 Å². The van der Waals surface area contributed by atoms with Crippen LogP contribution in [0.5, 0.6) is 11.5 Å². The van der Waals surface area contributed by atoms with Crippen molar-refractivity contribution >= 4 is 0 Å². The summed E-state index contributed by atoms with van der Waals surface area (Å²) < 4.78 is 0. The molecule has 0 aliphatic heterocycles. The Bertz CT molecular complexity index is 453. The molecule has 4 nitrogen and oxygen atoms in total. The molecule has 0 aromatic heterocycles. The third-order valence-electron chi connectivity index (χ3n) is 4.42. The molecule has 1 aliphatic carbocycles. The maximum absolute atomic E-state index is 10.5. The maximum Gasteiger partial charge on any atom is 0.120 e. The molecule has 0 saturated heterocycles. The van der Waals surface area contributed by atoms with Crippen molar-refractivity contribution in [2.45, 2.75) is 51.2 Å². The Labute approximate surface area is 120 Å². The van der Waals surface area contributed by atoms with Crippen LogP contribution in [0.15, 0.2) is 18.2 Å². The second-order valence-corrected chi connectivity index (χ2v) is 6.25. The molecular weight excluding hydrogens is 254 g/mol. The lowest BCUT2D eigenvalue weighted by atomic mass is 9.79. The summed E-state index contributed by atoms with van der Waals surface area (Å²) in [4.78, 5) is 0. The van der Waals surface area contributed by atoms with Crippen molar-refractivity contribution in [2.24, 2.45) is 5.92 Å². The highest BCUT2D eigenvalue weighted by molar-refractivity contribution is 5.40. The zero-order valence-electron chi connectivity index (χ0n) is 12.3. The Morgan fingerprint density at radius 2 is 1.95 bits per heavy atom. The van der Waals surface area contributed by atoms with E-state index < -0.39 is 5.60 Å². The average Bonchev–Trinajstić information content (AvgIpc) is 2.43. The number of phenols is 2. The predicted molar refractivity (Wildman–Crippen MR) is 78.8 cm³/mol. The van der Waals surface area contributed by atoms with Crippen LogP contribution in [-0.2, 0) is 0 Å². The van der Waals surface area contributed by atoms with Crippen LogP contribution >= 0.6 is 0 Å². The van der Waals surface area contributed by atoms with Crippen molar-refractivity contribution in [3.63, 3.8) is 0 Å². The van der Waals surface area contributed by atoms with Crippen molar-refractivity contribution < 1.29 is 15.3 Å². The van der Waals surface area contributed by atoms with E-state index in [1.54, 1.807) is 6.07 Å². The Balaban J connectivity index is 1.95. The van der Waals surface area contributed by atoms with Gasteiger partial charge in [0.1, 0.15) is 11.5 Å². The van der Waals surface area contributed by atoms with Crippen molar-refractivity contribution in [1.29, 1.82) is 0 Å². The van der Waals surface area contributed by atoms with Gasteiger partial charge in [-0.3, -0.25) is 0 Å². The Hall–Kier alpha value is -1.26. The van der Waals surface area contributed by atoms with E-state index in [1.165, 1.54) is 12.1 Å². The molecule has 1 aromatic carbocycles. The van der Waals surface area contributed by atoms with Gasteiger partial charge in [0.25, 0.3) is 0 Å². The normalized spacial score (nSPS) is 28.2. The molecule has 0 amide bonds. The maximum atomic E-state index is 10.5. The second kappa shape index (κ2) is 6.02. The standard InChI is InChI=1S/C16H25NO3/c1-11-5-7-16(20,8-6-11)10-17-12(2)14-9-13(18)3-4-15(14)19/h3-4,9,11-12,17-20H,5-8,10H2,1-2H3. The number of nitrogens with one attached hydrogen (secondary N) is 1. The first kappa shape index (κ1) is 15.1. The third kappa shape index (κ3) is 3.64.